The van der Waals surface area contributed by atoms with Crippen molar-refractivity contribution in [3.63, 3.8) is 0 Å². The van der Waals surface area contributed by atoms with Crippen LogP contribution >= 0.6 is 0 Å². The van der Waals surface area contributed by atoms with E-state index in [1.165, 1.54) is 78.9 Å². The number of carbonyl (C=O) groups is 5. The van der Waals surface area contributed by atoms with Gasteiger partial charge in [0.15, 0.2) is 17.0 Å². The minimum Gasteiger partial charge on any atom is -0.507 e. The Hall–Kier alpha value is -8.35. The van der Waals surface area contributed by atoms with E-state index in [1.807, 2.05) is 0 Å². The number of hydrogen-bond acceptors (Lipinski definition) is 15. The van der Waals surface area contributed by atoms with Crippen LogP contribution in [0.5, 0.6) is 17.2 Å². The van der Waals surface area contributed by atoms with Crippen LogP contribution in [-0.2, 0) is 9.53 Å². The summed E-state index contributed by atoms with van der Waals surface area (Å²) in [5.74, 6) is -7.44. The Kier molecular flexibility index (Phi) is 12.0. The fraction of sp³-hybridized carbons (Fsp3) is 0.125. The van der Waals surface area contributed by atoms with Gasteiger partial charge in [-0.15, -0.1) is 0 Å². The van der Waals surface area contributed by atoms with Gasteiger partial charge in [-0.2, -0.15) is 10.2 Å². The lowest BCUT2D eigenvalue weighted by atomic mass is 10.1. The minimum atomic E-state index is -1.47. The lowest BCUT2D eigenvalue weighted by Gasteiger charge is -2.20. The SMILES string of the molecule is O=C(O)CCNC(=O)c1ccc(/N=N/c2ccc(O)c(C(=O)OC(COc3cccc4oc(C(=O)O)cc(=O)c34)COc3cccc4oc(C(=O)O)cc(=O)c34)c2)cc1. The zero-order valence-electron chi connectivity index (χ0n) is 30.1. The summed E-state index contributed by atoms with van der Waals surface area (Å²) in [6.07, 6.45) is -1.59. The molecule has 19 nitrogen and oxygen atoms in total. The molecule has 1 amide bonds. The zero-order valence-corrected chi connectivity index (χ0v) is 30.1. The van der Waals surface area contributed by atoms with Crippen LogP contribution in [0.2, 0.25) is 0 Å². The number of ether oxygens (including phenoxy) is 3. The number of carboxylic acids is 3. The number of aromatic carboxylic acids is 2. The van der Waals surface area contributed by atoms with E-state index in [0.29, 0.717) is 5.69 Å². The molecule has 19 heteroatoms. The van der Waals surface area contributed by atoms with Gasteiger partial charge in [-0.25, -0.2) is 14.4 Å². The van der Waals surface area contributed by atoms with E-state index in [1.54, 1.807) is 0 Å². The van der Waals surface area contributed by atoms with Crippen molar-refractivity contribution in [2.45, 2.75) is 12.5 Å². The summed E-state index contributed by atoms with van der Waals surface area (Å²) in [6, 6.07) is 19.4. The Morgan fingerprint density at radius 2 is 1.20 bits per heavy atom. The number of nitrogens with one attached hydrogen (secondary N) is 1. The van der Waals surface area contributed by atoms with Crippen LogP contribution in [0.3, 0.4) is 0 Å². The molecule has 6 rings (SSSR count). The highest BCUT2D eigenvalue weighted by Gasteiger charge is 2.24. The van der Waals surface area contributed by atoms with Crippen LogP contribution < -0.4 is 25.6 Å². The van der Waals surface area contributed by atoms with Crippen LogP contribution in [0.1, 0.15) is 48.2 Å². The Morgan fingerprint density at radius 3 is 1.73 bits per heavy atom. The number of carboxylic acid groups (broad SMARTS) is 3. The summed E-state index contributed by atoms with van der Waals surface area (Å²) in [4.78, 5) is 85.2. The molecule has 0 aliphatic rings. The molecule has 0 radical (unpaired) electrons. The van der Waals surface area contributed by atoms with Crippen molar-refractivity contribution in [2.24, 2.45) is 10.2 Å². The maximum atomic E-state index is 13.6. The molecule has 0 spiro atoms. The Morgan fingerprint density at radius 1 is 0.678 bits per heavy atom. The summed E-state index contributed by atoms with van der Waals surface area (Å²) in [5.41, 5.74) is -1.40. The molecule has 0 unspecified atom stereocenters. The van der Waals surface area contributed by atoms with E-state index in [0.717, 1.165) is 12.1 Å². The Labute approximate surface area is 329 Å². The summed E-state index contributed by atoms with van der Waals surface area (Å²) in [5, 5.41) is 48.4. The molecule has 0 aliphatic heterocycles. The number of aromatic hydroxyl groups is 1. The molecule has 2 heterocycles. The monoisotopic (exact) mass is 807 g/mol. The number of nitrogens with zero attached hydrogens (tertiary/aromatic N) is 2. The van der Waals surface area contributed by atoms with Crippen LogP contribution in [-0.4, -0.2) is 76.1 Å². The van der Waals surface area contributed by atoms with Crippen molar-refractivity contribution >= 4 is 63.1 Å². The minimum absolute atomic E-state index is 0.0537. The second-order valence-electron chi connectivity index (χ2n) is 12.3. The van der Waals surface area contributed by atoms with Crippen molar-refractivity contribution in [3.05, 3.63) is 134 Å². The first kappa shape index (κ1) is 40.3. The largest absolute Gasteiger partial charge is 0.507 e. The van der Waals surface area contributed by atoms with Crippen LogP contribution in [0, 0.1) is 0 Å². The van der Waals surface area contributed by atoms with Gasteiger partial charge in [-0.1, -0.05) is 12.1 Å². The molecule has 300 valence electrons. The number of hydrogen-bond donors (Lipinski definition) is 5. The van der Waals surface area contributed by atoms with Crippen molar-refractivity contribution < 1.29 is 67.4 Å². The molecule has 0 saturated carbocycles. The molecule has 0 fully saturated rings. The van der Waals surface area contributed by atoms with E-state index in [-0.39, 0.29) is 63.2 Å². The predicted octanol–water partition coefficient (Wildman–Crippen LogP) is 5.30. The summed E-state index contributed by atoms with van der Waals surface area (Å²) in [6.45, 7) is -1.08. The third kappa shape index (κ3) is 9.73. The first-order chi connectivity index (χ1) is 28.3. The molecule has 0 bridgehead atoms. The maximum Gasteiger partial charge on any atom is 0.371 e. The molecule has 0 aliphatic carbocycles. The van der Waals surface area contributed by atoms with Crippen molar-refractivity contribution in [3.8, 4) is 17.2 Å². The lowest BCUT2D eigenvalue weighted by molar-refractivity contribution is -0.136. The Bertz CT molecular complexity index is 2660. The normalized spacial score (nSPS) is 11.1. The van der Waals surface area contributed by atoms with E-state index >= 15 is 0 Å². The van der Waals surface area contributed by atoms with Gasteiger partial charge in [0.2, 0.25) is 11.5 Å². The number of fused-ring (bicyclic) bond motifs is 2. The summed E-state index contributed by atoms with van der Waals surface area (Å²) in [7, 11) is 0. The number of esters is 1. The number of aliphatic carboxylic acids is 1. The van der Waals surface area contributed by atoms with Crippen LogP contribution in [0.4, 0.5) is 11.4 Å². The number of azo groups is 1. The molecule has 6 aromatic rings. The van der Waals surface area contributed by atoms with Crippen LogP contribution in [0.15, 0.2) is 120 Å². The number of amides is 1. The number of phenols is 1. The van der Waals surface area contributed by atoms with Crippen molar-refractivity contribution in [1.82, 2.24) is 5.32 Å². The lowest BCUT2D eigenvalue weighted by Crippen LogP contribution is -2.31. The first-order valence-corrected chi connectivity index (χ1v) is 17.2. The molecular formula is C40H29N3O16. The molecule has 0 saturated heterocycles. The second kappa shape index (κ2) is 17.6. The average molecular weight is 808 g/mol. The molecule has 5 N–H and O–H groups in total. The van der Waals surface area contributed by atoms with E-state index in [9.17, 15) is 48.9 Å². The highest BCUT2D eigenvalue weighted by molar-refractivity contribution is 5.95. The number of phenolic OH excluding ortho intramolecular Hbond substituents is 1. The maximum absolute atomic E-state index is 13.6. The van der Waals surface area contributed by atoms with Crippen LogP contribution in [0.25, 0.3) is 21.9 Å². The highest BCUT2D eigenvalue weighted by atomic mass is 16.6. The standard InChI is InChI=1S/C40H29N3O16/c44-25-12-11-22(43-42-21-9-7-20(8-10-21)37(49)41-14-13-34(47)48)15-24(25)40(54)57-23(18-55-28-3-1-5-30-35(28)26(45)16-32(58-30)38(50)51)19-56-29-4-2-6-31-36(29)27(46)17-33(59-31)39(52)53/h1-12,15-17,23,44H,13-14,18-19H2,(H,41,49)(H,47,48)(H,50,51)(H,52,53)/b43-42+. The van der Waals surface area contributed by atoms with Gasteiger partial charge in [0.05, 0.1) is 17.8 Å². The Balaban J connectivity index is 1.24. The average Bonchev–Trinajstić information content (AvgIpc) is 3.21. The van der Waals surface area contributed by atoms with Gasteiger partial charge >= 0.3 is 23.9 Å². The van der Waals surface area contributed by atoms with Gasteiger partial charge in [0, 0.05) is 24.2 Å². The predicted molar refractivity (Wildman–Crippen MR) is 202 cm³/mol. The number of rotatable bonds is 16. The van der Waals surface area contributed by atoms with Crippen molar-refractivity contribution in [1.29, 1.82) is 0 Å². The third-order valence-corrected chi connectivity index (χ3v) is 8.21. The van der Waals surface area contributed by atoms with E-state index in [4.69, 9.17) is 28.2 Å². The topological polar surface area (TPSA) is 291 Å². The fourth-order valence-electron chi connectivity index (χ4n) is 5.43. The number of benzene rings is 4. The molecule has 2 aromatic heterocycles. The first-order valence-electron chi connectivity index (χ1n) is 17.2. The second-order valence-corrected chi connectivity index (χ2v) is 12.3. The van der Waals surface area contributed by atoms with Crippen molar-refractivity contribution in [2.75, 3.05) is 19.8 Å². The van der Waals surface area contributed by atoms with Gasteiger partial charge in [0.1, 0.15) is 58.0 Å². The van der Waals surface area contributed by atoms with E-state index < -0.39 is 77.2 Å². The molecular weight excluding hydrogens is 778 g/mol. The summed E-state index contributed by atoms with van der Waals surface area (Å²) < 4.78 is 28.1. The smallest absolute Gasteiger partial charge is 0.371 e. The van der Waals surface area contributed by atoms with Gasteiger partial charge in [-0.05, 0) is 66.7 Å². The molecule has 0 atom stereocenters. The van der Waals surface area contributed by atoms with Gasteiger partial charge in [0.25, 0.3) is 5.91 Å². The molecule has 4 aromatic carbocycles. The molecule has 59 heavy (non-hydrogen) atoms. The third-order valence-electron chi connectivity index (χ3n) is 8.21. The fourth-order valence-corrected chi connectivity index (χ4v) is 5.43. The van der Waals surface area contributed by atoms with Gasteiger partial charge < -0.3 is 48.8 Å². The quantitative estimate of drug-likeness (QED) is 0.0612. The number of carbonyl (C=O) groups excluding carboxylic acids is 2. The van der Waals surface area contributed by atoms with E-state index in [2.05, 4.69) is 15.5 Å². The summed E-state index contributed by atoms with van der Waals surface area (Å²) >= 11 is 0. The zero-order chi connectivity index (χ0) is 42.2. The van der Waals surface area contributed by atoms with Gasteiger partial charge in [-0.3, -0.25) is 19.2 Å². The highest BCUT2D eigenvalue weighted by Crippen LogP contribution is 2.29.